The lowest BCUT2D eigenvalue weighted by molar-refractivity contribution is 0.311. The maximum atomic E-state index is 11.7. The summed E-state index contributed by atoms with van der Waals surface area (Å²) in [4.78, 5) is 9.14. The Balaban J connectivity index is 1.57. The zero-order chi connectivity index (χ0) is 21.1. The minimum atomic E-state index is -3.15. The molecule has 3 aromatic rings. The first-order chi connectivity index (χ1) is 14.5. The molecule has 0 radical (unpaired) electrons. The molecule has 0 amide bonds. The molecule has 12 heteroatoms. The summed E-state index contributed by atoms with van der Waals surface area (Å²) in [6.45, 7) is 3.64. The van der Waals surface area contributed by atoms with Crippen LogP contribution in [0.4, 0.5) is 5.95 Å². The van der Waals surface area contributed by atoms with Gasteiger partial charge in [-0.1, -0.05) is 13.3 Å². The Morgan fingerprint density at radius 2 is 2.13 bits per heavy atom. The minimum Gasteiger partial charge on any atom is -0.488 e. The molecule has 1 aliphatic rings. The normalized spacial score (nSPS) is 16.2. The topological polar surface area (TPSA) is 130 Å². The Hall–Kier alpha value is -2.73. The van der Waals surface area contributed by atoms with Crippen molar-refractivity contribution < 1.29 is 13.2 Å². The number of nitrogens with zero attached hydrogens (tertiary/aromatic N) is 6. The predicted molar refractivity (Wildman–Crippen MR) is 112 cm³/mol. The molecular formula is C18H26N8O3S. The molecule has 0 saturated carbocycles. The van der Waals surface area contributed by atoms with Gasteiger partial charge < -0.3 is 10.1 Å². The molecule has 0 aromatic carbocycles. The van der Waals surface area contributed by atoms with E-state index in [1.807, 2.05) is 0 Å². The minimum absolute atomic E-state index is 0.103. The second kappa shape index (κ2) is 8.56. The van der Waals surface area contributed by atoms with Crippen LogP contribution in [-0.4, -0.2) is 74.5 Å². The average molecular weight is 435 g/mol. The van der Waals surface area contributed by atoms with Crippen molar-refractivity contribution in [2.24, 2.45) is 0 Å². The van der Waals surface area contributed by atoms with Crippen molar-refractivity contribution >= 4 is 21.6 Å². The summed E-state index contributed by atoms with van der Waals surface area (Å²) < 4.78 is 32.5. The largest absolute Gasteiger partial charge is 0.488 e. The van der Waals surface area contributed by atoms with Crippen LogP contribution < -0.4 is 10.1 Å². The Labute approximate surface area is 174 Å². The van der Waals surface area contributed by atoms with Crippen LogP contribution in [0.25, 0.3) is 16.9 Å². The van der Waals surface area contributed by atoms with Gasteiger partial charge in [0.1, 0.15) is 12.0 Å². The van der Waals surface area contributed by atoms with Crippen molar-refractivity contribution in [3.05, 3.63) is 18.7 Å². The third-order valence-electron chi connectivity index (χ3n) is 5.12. The fourth-order valence-electron chi connectivity index (χ4n) is 3.45. The third-order valence-corrected chi connectivity index (χ3v) is 6.42. The SMILES string of the molecule is CCCCOc1c(-c2cn[nH]c2)ncn2nc(NC3CCN(S(C)(=O)=O)CC3)nc12. The van der Waals surface area contributed by atoms with Crippen molar-refractivity contribution in [3.8, 4) is 17.0 Å². The Morgan fingerprint density at radius 1 is 1.33 bits per heavy atom. The molecular weight excluding hydrogens is 408 g/mol. The van der Waals surface area contributed by atoms with E-state index in [2.05, 4.69) is 37.5 Å². The Morgan fingerprint density at radius 3 is 2.80 bits per heavy atom. The molecule has 30 heavy (non-hydrogen) atoms. The molecule has 4 heterocycles. The van der Waals surface area contributed by atoms with Gasteiger partial charge in [-0.3, -0.25) is 5.10 Å². The highest BCUT2D eigenvalue weighted by molar-refractivity contribution is 7.88. The molecule has 1 fully saturated rings. The number of unbranched alkanes of at least 4 members (excludes halogenated alkanes) is 1. The van der Waals surface area contributed by atoms with Gasteiger partial charge in [0.25, 0.3) is 0 Å². The van der Waals surface area contributed by atoms with Crippen molar-refractivity contribution in [1.29, 1.82) is 0 Å². The van der Waals surface area contributed by atoms with E-state index in [1.165, 1.54) is 10.6 Å². The second-order valence-electron chi connectivity index (χ2n) is 7.40. The fourth-order valence-corrected chi connectivity index (χ4v) is 4.32. The van der Waals surface area contributed by atoms with E-state index in [4.69, 9.17) is 4.74 Å². The molecule has 0 bridgehead atoms. The summed E-state index contributed by atoms with van der Waals surface area (Å²) >= 11 is 0. The molecule has 0 atom stereocenters. The van der Waals surface area contributed by atoms with E-state index in [-0.39, 0.29) is 6.04 Å². The molecule has 4 rings (SSSR count). The fraction of sp³-hybridized carbons (Fsp3) is 0.556. The third kappa shape index (κ3) is 4.38. The van der Waals surface area contributed by atoms with Gasteiger partial charge in [-0.2, -0.15) is 14.6 Å². The summed E-state index contributed by atoms with van der Waals surface area (Å²) in [5.74, 6) is 1.04. The molecule has 0 unspecified atom stereocenters. The highest BCUT2D eigenvalue weighted by atomic mass is 32.2. The summed E-state index contributed by atoms with van der Waals surface area (Å²) in [6.07, 6.45) is 9.63. The molecule has 0 spiro atoms. The number of anilines is 1. The molecule has 1 saturated heterocycles. The number of hydrogen-bond donors (Lipinski definition) is 2. The average Bonchev–Trinajstić information content (AvgIpc) is 3.37. The van der Waals surface area contributed by atoms with Gasteiger partial charge in [0.05, 0.1) is 19.1 Å². The highest BCUT2D eigenvalue weighted by Crippen LogP contribution is 2.31. The zero-order valence-electron chi connectivity index (χ0n) is 17.1. The standard InChI is InChI=1S/C18H26N8O3S/c1-3-4-9-29-16-15(13-10-20-21-11-13)19-12-26-17(16)23-18(24-26)22-14-5-7-25(8-6-14)30(2,27)28/h10-12,14H,3-9H2,1-2H3,(H,20,21)(H,22,24). The lowest BCUT2D eigenvalue weighted by atomic mass is 10.1. The van der Waals surface area contributed by atoms with Gasteiger partial charge in [-0.25, -0.2) is 17.7 Å². The smallest absolute Gasteiger partial charge is 0.243 e. The zero-order valence-corrected chi connectivity index (χ0v) is 17.9. The number of sulfonamides is 1. The van der Waals surface area contributed by atoms with Crippen LogP contribution in [0.1, 0.15) is 32.6 Å². The summed E-state index contributed by atoms with van der Waals surface area (Å²) in [5, 5.41) is 14.6. The van der Waals surface area contributed by atoms with Gasteiger partial charge in [0, 0.05) is 30.9 Å². The molecule has 162 valence electrons. The number of nitrogens with one attached hydrogen (secondary N) is 2. The van der Waals surface area contributed by atoms with Gasteiger partial charge in [-0.15, -0.1) is 5.10 Å². The van der Waals surface area contributed by atoms with E-state index in [9.17, 15) is 8.42 Å². The van der Waals surface area contributed by atoms with E-state index in [0.717, 1.165) is 18.4 Å². The van der Waals surface area contributed by atoms with Crippen molar-refractivity contribution in [3.63, 3.8) is 0 Å². The van der Waals surface area contributed by atoms with Crippen LogP contribution in [0, 0.1) is 0 Å². The van der Waals surface area contributed by atoms with E-state index in [1.54, 1.807) is 23.2 Å². The van der Waals surface area contributed by atoms with Crippen LogP contribution in [0.5, 0.6) is 5.75 Å². The number of H-pyrrole nitrogens is 1. The number of ether oxygens (including phenoxy) is 1. The first kappa shape index (κ1) is 20.5. The molecule has 3 aromatic heterocycles. The lowest BCUT2D eigenvalue weighted by Crippen LogP contribution is -2.41. The molecule has 0 aliphatic carbocycles. The Bertz CT molecular complexity index is 1090. The number of rotatable bonds is 8. The monoisotopic (exact) mass is 434 g/mol. The maximum absolute atomic E-state index is 11.7. The molecule has 1 aliphatic heterocycles. The van der Waals surface area contributed by atoms with E-state index in [0.29, 0.717) is 55.6 Å². The second-order valence-corrected chi connectivity index (χ2v) is 9.38. The summed E-state index contributed by atoms with van der Waals surface area (Å²) in [7, 11) is -3.15. The van der Waals surface area contributed by atoms with Crippen LogP contribution in [0.15, 0.2) is 18.7 Å². The predicted octanol–water partition coefficient (Wildman–Crippen LogP) is 1.53. The van der Waals surface area contributed by atoms with Gasteiger partial charge in [-0.05, 0) is 19.3 Å². The lowest BCUT2D eigenvalue weighted by Gasteiger charge is -2.30. The number of fused-ring (bicyclic) bond motifs is 1. The number of hydrogen-bond acceptors (Lipinski definition) is 8. The van der Waals surface area contributed by atoms with Gasteiger partial charge >= 0.3 is 0 Å². The number of aromatic nitrogens is 6. The van der Waals surface area contributed by atoms with Crippen molar-refractivity contribution in [2.45, 2.75) is 38.6 Å². The first-order valence-corrected chi connectivity index (χ1v) is 11.9. The van der Waals surface area contributed by atoms with Crippen molar-refractivity contribution in [1.82, 2.24) is 34.1 Å². The van der Waals surface area contributed by atoms with E-state index < -0.39 is 10.0 Å². The van der Waals surface area contributed by atoms with Gasteiger partial charge in [0.2, 0.25) is 21.6 Å². The first-order valence-electron chi connectivity index (χ1n) is 10.0. The molecule has 2 N–H and O–H groups in total. The van der Waals surface area contributed by atoms with Crippen LogP contribution >= 0.6 is 0 Å². The number of piperidine rings is 1. The number of aromatic amines is 1. The summed E-state index contributed by atoms with van der Waals surface area (Å²) in [5.41, 5.74) is 2.05. The highest BCUT2D eigenvalue weighted by Gasteiger charge is 2.26. The van der Waals surface area contributed by atoms with Crippen LogP contribution in [0.3, 0.4) is 0 Å². The van der Waals surface area contributed by atoms with Crippen LogP contribution in [-0.2, 0) is 10.0 Å². The molecule has 11 nitrogen and oxygen atoms in total. The van der Waals surface area contributed by atoms with Crippen LogP contribution in [0.2, 0.25) is 0 Å². The Kier molecular flexibility index (Phi) is 5.86. The summed E-state index contributed by atoms with van der Waals surface area (Å²) in [6, 6.07) is 0.103. The quantitative estimate of drug-likeness (QED) is 0.511. The van der Waals surface area contributed by atoms with Crippen molar-refractivity contribution in [2.75, 3.05) is 31.3 Å². The van der Waals surface area contributed by atoms with Gasteiger partial charge in [0.15, 0.2) is 5.75 Å². The van der Waals surface area contributed by atoms with E-state index >= 15 is 0 Å². The maximum Gasteiger partial charge on any atom is 0.243 e.